The molecule has 134 valence electrons. The maximum atomic E-state index is 12.5. The molecular formula is C21H28N2O2. The lowest BCUT2D eigenvalue weighted by Crippen LogP contribution is -2.48. The van der Waals surface area contributed by atoms with Crippen molar-refractivity contribution in [1.82, 2.24) is 10.2 Å². The Morgan fingerprint density at radius 2 is 2.08 bits per heavy atom. The summed E-state index contributed by atoms with van der Waals surface area (Å²) in [6, 6.07) is 12.7. The highest BCUT2D eigenvalue weighted by molar-refractivity contribution is 5.95. The van der Waals surface area contributed by atoms with Gasteiger partial charge in [0.15, 0.2) is 0 Å². The molecule has 2 aromatic rings. The van der Waals surface area contributed by atoms with Crippen LogP contribution in [0, 0.1) is 13.8 Å². The number of rotatable bonds is 6. The van der Waals surface area contributed by atoms with E-state index >= 15 is 0 Å². The SMILES string of the molecule is Cc1cc(C(=O)NC2CCCN(CCCc3ccccc3)C2)c(C)o1. The average molecular weight is 340 g/mol. The Bertz CT molecular complexity index is 693. The van der Waals surface area contributed by atoms with Crippen molar-refractivity contribution < 1.29 is 9.21 Å². The zero-order valence-corrected chi connectivity index (χ0v) is 15.3. The summed E-state index contributed by atoms with van der Waals surface area (Å²) in [6.07, 6.45) is 4.46. The van der Waals surface area contributed by atoms with E-state index < -0.39 is 0 Å². The van der Waals surface area contributed by atoms with Gasteiger partial charge in [0.1, 0.15) is 11.5 Å². The summed E-state index contributed by atoms with van der Waals surface area (Å²) in [5.41, 5.74) is 2.06. The number of piperidine rings is 1. The van der Waals surface area contributed by atoms with Crippen LogP contribution in [0.1, 0.15) is 46.7 Å². The molecule has 1 aromatic carbocycles. The highest BCUT2D eigenvalue weighted by Crippen LogP contribution is 2.16. The standard InChI is InChI=1S/C21H28N2O2/c1-16-14-20(17(2)25-16)21(24)22-19-11-7-13-23(15-19)12-6-10-18-8-4-3-5-9-18/h3-5,8-9,14,19H,6-7,10-13,15H2,1-2H3,(H,22,24). The molecule has 2 heterocycles. The normalized spacial score (nSPS) is 18.2. The molecule has 0 radical (unpaired) electrons. The van der Waals surface area contributed by atoms with Gasteiger partial charge in [-0.1, -0.05) is 30.3 Å². The van der Waals surface area contributed by atoms with Crippen molar-refractivity contribution in [2.45, 2.75) is 45.6 Å². The van der Waals surface area contributed by atoms with Gasteiger partial charge >= 0.3 is 0 Å². The average Bonchev–Trinajstić information content (AvgIpc) is 2.95. The van der Waals surface area contributed by atoms with E-state index in [1.54, 1.807) is 0 Å². The number of nitrogens with zero attached hydrogens (tertiary/aromatic N) is 1. The number of likely N-dealkylation sites (tertiary alicyclic amines) is 1. The molecule has 0 saturated carbocycles. The van der Waals surface area contributed by atoms with Gasteiger partial charge < -0.3 is 14.6 Å². The number of carbonyl (C=O) groups is 1. The Hall–Kier alpha value is -2.07. The highest BCUT2D eigenvalue weighted by Gasteiger charge is 2.23. The number of aryl methyl sites for hydroxylation is 3. The molecule has 1 unspecified atom stereocenters. The van der Waals surface area contributed by atoms with Crippen LogP contribution in [-0.2, 0) is 6.42 Å². The largest absolute Gasteiger partial charge is 0.466 e. The molecule has 0 bridgehead atoms. The van der Waals surface area contributed by atoms with E-state index in [0.717, 1.165) is 51.1 Å². The fourth-order valence-electron chi connectivity index (χ4n) is 3.65. The van der Waals surface area contributed by atoms with Crippen molar-refractivity contribution in [3.05, 3.63) is 59.0 Å². The molecule has 1 saturated heterocycles. The maximum Gasteiger partial charge on any atom is 0.255 e. The number of benzene rings is 1. The first-order chi connectivity index (χ1) is 12.1. The summed E-state index contributed by atoms with van der Waals surface area (Å²) in [6.45, 7) is 6.88. The van der Waals surface area contributed by atoms with Gasteiger partial charge in [-0.25, -0.2) is 0 Å². The molecule has 1 N–H and O–H groups in total. The van der Waals surface area contributed by atoms with E-state index in [1.165, 1.54) is 5.56 Å². The van der Waals surface area contributed by atoms with Crippen LogP contribution in [0.5, 0.6) is 0 Å². The summed E-state index contributed by atoms with van der Waals surface area (Å²) < 4.78 is 5.47. The van der Waals surface area contributed by atoms with Crippen molar-refractivity contribution in [1.29, 1.82) is 0 Å². The minimum absolute atomic E-state index is 0.00881. The van der Waals surface area contributed by atoms with Gasteiger partial charge in [0, 0.05) is 12.6 Å². The van der Waals surface area contributed by atoms with E-state index in [2.05, 4.69) is 40.5 Å². The first kappa shape index (κ1) is 17.7. The lowest BCUT2D eigenvalue weighted by Gasteiger charge is -2.33. The van der Waals surface area contributed by atoms with Crippen LogP contribution in [0.4, 0.5) is 0 Å². The first-order valence-corrected chi connectivity index (χ1v) is 9.26. The second kappa shape index (κ2) is 8.34. The summed E-state index contributed by atoms with van der Waals surface area (Å²) >= 11 is 0. The molecule has 1 fully saturated rings. The van der Waals surface area contributed by atoms with Crippen molar-refractivity contribution in [3.63, 3.8) is 0 Å². The monoisotopic (exact) mass is 340 g/mol. The summed E-state index contributed by atoms with van der Waals surface area (Å²) in [7, 11) is 0. The second-order valence-electron chi connectivity index (χ2n) is 7.03. The Labute approximate surface area is 150 Å². The smallest absolute Gasteiger partial charge is 0.255 e. The maximum absolute atomic E-state index is 12.5. The van der Waals surface area contributed by atoms with Crippen molar-refractivity contribution in [2.75, 3.05) is 19.6 Å². The van der Waals surface area contributed by atoms with E-state index in [0.29, 0.717) is 11.3 Å². The van der Waals surface area contributed by atoms with Crippen molar-refractivity contribution in [3.8, 4) is 0 Å². The predicted octanol–water partition coefficient (Wildman–Crippen LogP) is 3.72. The number of nitrogens with one attached hydrogen (secondary N) is 1. The molecule has 0 spiro atoms. The fraction of sp³-hybridized carbons (Fsp3) is 0.476. The molecule has 1 aliphatic rings. The Morgan fingerprint density at radius 1 is 1.28 bits per heavy atom. The lowest BCUT2D eigenvalue weighted by molar-refractivity contribution is 0.0902. The van der Waals surface area contributed by atoms with Gasteiger partial charge in [-0.3, -0.25) is 4.79 Å². The minimum Gasteiger partial charge on any atom is -0.466 e. The molecule has 25 heavy (non-hydrogen) atoms. The molecule has 1 atom stereocenters. The fourth-order valence-corrected chi connectivity index (χ4v) is 3.65. The zero-order valence-electron chi connectivity index (χ0n) is 15.3. The van der Waals surface area contributed by atoms with Gasteiger partial charge in [-0.15, -0.1) is 0 Å². The summed E-state index contributed by atoms with van der Waals surface area (Å²) in [5, 5.41) is 3.19. The molecule has 1 aliphatic heterocycles. The minimum atomic E-state index is -0.00881. The van der Waals surface area contributed by atoms with E-state index in [-0.39, 0.29) is 11.9 Å². The Kier molecular flexibility index (Phi) is 5.92. The number of hydrogen-bond donors (Lipinski definition) is 1. The van der Waals surface area contributed by atoms with Crippen LogP contribution < -0.4 is 5.32 Å². The van der Waals surface area contributed by atoms with Gasteiger partial charge in [-0.05, 0) is 64.3 Å². The second-order valence-corrected chi connectivity index (χ2v) is 7.03. The number of carbonyl (C=O) groups excluding carboxylic acids is 1. The highest BCUT2D eigenvalue weighted by atomic mass is 16.3. The third-order valence-corrected chi connectivity index (χ3v) is 4.91. The van der Waals surface area contributed by atoms with Crippen molar-refractivity contribution >= 4 is 5.91 Å². The molecule has 4 heteroatoms. The van der Waals surface area contributed by atoms with E-state index in [9.17, 15) is 4.79 Å². The summed E-state index contributed by atoms with van der Waals surface area (Å²) in [5.74, 6) is 1.48. The van der Waals surface area contributed by atoms with E-state index in [1.807, 2.05) is 19.9 Å². The molecule has 0 aliphatic carbocycles. The van der Waals surface area contributed by atoms with Gasteiger partial charge in [0.2, 0.25) is 0 Å². The van der Waals surface area contributed by atoms with Crippen LogP contribution in [0.3, 0.4) is 0 Å². The molecule has 1 amide bonds. The van der Waals surface area contributed by atoms with Gasteiger partial charge in [0.25, 0.3) is 5.91 Å². The van der Waals surface area contributed by atoms with Crippen LogP contribution in [-0.4, -0.2) is 36.5 Å². The van der Waals surface area contributed by atoms with Gasteiger partial charge in [0.05, 0.1) is 5.56 Å². The topological polar surface area (TPSA) is 45.5 Å². The van der Waals surface area contributed by atoms with Crippen LogP contribution in [0.15, 0.2) is 40.8 Å². The lowest BCUT2D eigenvalue weighted by atomic mass is 10.0. The Balaban J connectivity index is 1.46. The number of amides is 1. The predicted molar refractivity (Wildman–Crippen MR) is 99.9 cm³/mol. The molecule has 1 aromatic heterocycles. The number of furan rings is 1. The molecule has 4 nitrogen and oxygen atoms in total. The Morgan fingerprint density at radius 3 is 2.80 bits per heavy atom. The molecule has 3 rings (SSSR count). The first-order valence-electron chi connectivity index (χ1n) is 9.26. The van der Waals surface area contributed by atoms with Crippen molar-refractivity contribution in [2.24, 2.45) is 0 Å². The third kappa shape index (κ3) is 4.95. The van der Waals surface area contributed by atoms with Crippen LogP contribution in [0.2, 0.25) is 0 Å². The molecular weight excluding hydrogens is 312 g/mol. The van der Waals surface area contributed by atoms with Crippen LogP contribution >= 0.6 is 0 Å². The third-order valence-electron chi connectivity index (χ3n) is 4.91. The number of hydrogen-bond acceptors (Lipinski definition) is 3. The van der Waals surface area contributed by atoms with Gasteiger partial charge in [-0.2, -0.15) is 0 Å². The van der Waals surface area contributed by atoms with Crippen LogP contribution in [0.25, 0.3) is 0 Å². The summed E-state index contributed by atoms with van der Waals surface area (Å²) in [4.78, 5) is 14.9. The quantitative estimate of drug-likeness (QED) is 0.872. The van der Waals surface area contributed by atoms with E-state index in [4.69, 9.17) is 4.42 Å². The zero-order chi connectivity index (χ0) is 17.6.